The topological polar surface area (TPSA) is 55.3 Å². The fourth-order valence-corrected chi connectivity index (χ4v) is 4.03. The number of carbonyl (C=O) groups excluding carboxylic acids is 1. The van der Waals surface area contributed by atoms with E-state index in [1.165, 1.54) is 0 Å². The van der Waals surface area contributed by atoms with Crippen molar-refractivity contribution in [3.63, 3.8) is 0 Å². The second kappa shape index (κ2) is 7.09. The van der Waals surface area contributed by atoms with Gasteiger partial charge in [0.05, 0.1) is 20.2 Å². The molecule has 1 amide bonds. The van der Waals surface area contributed by atoms with Gasteiger partial charge in [0.2, 0.25) is 5.88 Å². The zero-order valence-electron chi connectivity index (χ0n) is 13.4. The molecular weight excluding hydrogens is 402 g/mol. The third-order valence-electron chi connectivity index (χ3n) is 4.31. The van der Waals surface area contributed by atoms with Gasteiger partial charge in [0.1, 0.15) is 6.10 Å². The molecular formula is C18H16BrN3O2S. The Morgan fingerprint density at radius 1 is 1.24 bits per heavy atom. The van der Waals surface area contributed by atoms with Crippen LogP contribution in [0.4, 0.5) is 0 Å². The van der Waals surface area contributed by atoms with Crippen LogP contribution in [-0.4, -0.2) is 40.0 Å². The molecule has 0 saturated carbocycles. The van der Waals surface area contributed by atoms with E-state index in [0.717, 1.165) is 33.1 Å². The minimum atomic E-state index is 0.0766. The molecule has 3 heterocycles. The summed E-state index contributed by atoms with van der Waals surface area (Å²) >= 11 is 5.00. The Bertz CT molecular complexity index is 906. The number of halogens is 1. The van der Waals surface area contributed by atoms with Crippen LogP contribution >= 0.6 is 27.3 Å². The zero-order chi connectivity index (χ0) is 17.2. The number of benzene rings is 1. The highest BCUT2D eigenvalue weighted by Crippen LogP contribution is 2.26. The van der Waals surface area contributed by atoms with E-state index >= 15 is 0 Å². The number of rotatable bonds is 3. The van der Waals surface area contributed by atoms with Gasteiger partial charge in [0, 0.05) is 37.7 Å². The molecule has 0 unspecified atom stereocenters. The lowest BCUT2D eigenvalue weighted by atomic mass is 10.1. The van der Waals surface area contributed by atoms with Gasteiger partial charge in [0.25, 0.3) is 5.91 Å². The number of hydrogen-bond acceptors (Lipinski definition) is 5. The van der Waals surface area contributed by atoms with Crippen molar-refractivity contribution in [2.24, 2.45) is 0 Å². The number of ether oxygens (including phenoxy) is 1. The van der Waals surface area contributed by atoms with Crippen molar-refractivity contribution in [3.05, 3.63) is 52.1 Å². The highest BCUT2D eigenvalue weighted by molar-refractivity contribution is 9.10. The van der Waals surface area contributed by atoms with Crippen molar-refractivity contribution in [3.8, 4) is 5.88 Å². The SMILES string of the molecule is O=C(c1ccc2ncsc2c1)N1CCC(Oc2ncccc2Br)CC1. The minimum Gasteiger partial charge on any atom is -0.473 e. The summed E-state index contributed by atoms with van der Waals surface area (Å²) in [6, 6.07) is 9.48. The molecule has 1 aliphatic rings. The molecule has 0 bridgehead atoms. The van der Waals surface area contributed by atoms with E-state index in [9.17, 15) is 4.79 Å². The van der Waals surface area contributed by atoms with Gasteiger partial charge in [-0.3, -0.25) is 4.79 Å². The van der Waals surface area contributed by atoms with Gasteiger partial charge in [-0.05, 0) is 46.3 Å². The number of pyridine rings is 1. The smallest absolute Gasteiger partial charge is 0.253 e. The van der Waals surface area contributed by atoms with Gasteiger partial charge >= 0.3 is 0 Å². The standard InChI is InChI=1S/C18H16BrN3O2S/c19-14-2-1-7-20-17(14)24-13-5-8-22(9-6-13)18(23)12-3-4-15-16(10-12)25-11-21-15/h1-4,7,10-11,13H,5-6,8-9H2. The van der Waals surface area contributed by atoms with Crippen LogP contribution in [0.15, 0.2) is 46.5 Å². The van der Waals surface area contributed by atoms with Gasteiger partial charge in [-0.25, -0.2) is 9.97 Å². The number of aromatic nitrogens is 2. The van der Waals surface area contributed by atoms with Crippen LogP contribution in [0.25, 0.3) is 10.2 Å². The summed E-state index contributed by atoms with van der Waals surface area (Å²) in [6.45, 7) is 1.38. The Labute approximate surface area is 157 Å². The van der Waals surface area contributed by atoms with E-state index in [4.69, 9.17) is 4.74 Å². The number of piperidine rings is 1. The zero-order valence-corrected chi connectivity index (χ0v) is 15.8. The molecule has 2 aromatic heterocycles. The number of fused-ring (bicyclic) bond motifs is 1. The molecule has 0 N–H and O–H groups in total. The first-order valence-corrected chi connectivity index (χ1v) is 9.77. The van der Waals surface area contributed by atoms with Crippen molar-refractivity contribution in [1.82, 2.24) is 14.9 Å². The predicted octanol–water partition coefficient (Wildman–Crippen LogP) is 4.14. The summed E-state index contributed by atoms with van der Waals surface area (Å²) in [5, 5.41) is 0. The second-order valence-electron chi connectivity index (χ2n) is 5.93. The summed E-state index contributed by atoms with van der Waals surface area (Å²) in [5.41, 5.74) is 3.47. The maximum absolute atomic E-state index is 12.7. The summed E-state index contributed by atoms with van der Waals surface area (Å²) in [5.74, 6) is 0.690. The molecule has 3 aromatic rings. The maximum atomic E-state index is 12.7. The summed E-state index contributed by atoms with van der Waals surface area (Å²) in [6.07, 6.45) is 3.41. The molecule has 7 heteroatoms. The highest BCUT2D eigenvalue weighted by atomic mass is 79.9. The molecule has 25 heavy (non-hydrogen) atoms. The average molecular weight is 418 g/mol. The molecule has 1 saturated heterocycles. The largest absolute Gasteiger partial charge is 0.473 e. The molecule has 4 rings (SSSR count). The third kappa shape index (κ3) is 3.52. The van der Waals surface area contributed by atoms with E-state index in [1.54, 1.807) is 23.0 Å². The van der Waals surface area contributed by atoms with Crippen LogP contribution < -0.4 is 4.74 Å². The van der Waals surface area contributed by atoms with Crippen molar-refractivity contribution in [1.29, 1.82) is 0 Å². The van der Waals surface area contributed by atoms with Gasteiger partial charge in [-0.2, -0.15) is 0 Å². The van der Waals surface area contributed by atoms with E-state index in [2.05, 4.69) is 25.9 Å². The fraction of sp³-hybridized carbons (Fsp3) is 0.278. The predicted molar refractivity (Wildman–Crippen MR) is 101 cm³/mol. The average Bonchev–Trinajstić information content (AvgIpc) is 3.11. The third-order valence-corrected chi connectivity index (χ3v) is 5.71. The number of thiazole rings is 1. The van der Waals surface area contributed by atoms with Crippen LogP contribution in [0, 0.1) is 0 Å². The molecule has 0 spiro atoms. The van der Waals surface area contributed by atoms with Gasteiger partial charge < -0.3 is 9.64 Å². The maximum Gasteiger partial charge on any atom is 0.253 e. The molecule has 1 fully saturated rings. The Hall–Kier alpha value is -1.99. The first-order chi connectivity index (χ1) is 12.2. The van der Waals surface area contributed by atoms with Crippen LogP contribution in [0.2, 0.25) is 0 Å². The molecule has 0 radical (unpaired) electrons. The van der Waals surface area contributed by atoms with Crippen LogP contribution in [0.1, 0.15) is 23.2 Å². The molecule has 5 nitrogen and oxygen atoms in total. The second-order valence-corrected chi connectivity index (χ2v) is 7.68. The summed E-state index contributed by atoms with van der Waals surface area (Å²) < 4.78 is 7.86. The number of likely N-dealkylation sites (tertiary alicyclic amines) is 1. The Kier molecular flexibility index (Phi) is 4.67. The lowest BCUT2D eigenvalue weighted by Crippen LogP contribution is -2.41. The first-order valence-electron chi connectivity index (χ1n) is 8.10. The van der Waals surface area contributed by atoms with Gasteiger partial charge in [0.15, 0.2) is 0 Å². The lowest BCUT2D eigenvalue weighted by molar-refractivity contribution is 0.0586. The van der Waals surface area contributed by atoms with Crippen LogP contribution in [-0.2, 0) is 0 Å². The van der Waals surface area contributed by atoms with Gasteiger partial charge in [-0.15, -0.1) is 11.3 Å². The minimum absolute atomic E-state index is 0.0766. The normalized spacial score (nSPS) is 15.5. The number of nitrogens with zero attached hydrogens (tertiary/aromatic N) is 3. The molecule has 0 atom stereocenters. The Balaban J connectivity index is 1.39. The van der Waals surface area contributed by atoms with E-state index in [-0.39, 0.29) is 12.0 Å². The quantitative estimate of drug-likeness (QED) is 0.642. The van der Waals surface area contributed by atoms with Crippen molar-refractivity contribution in [2.75, 3.05) is 13.1 Å². The van der Waals surface area contributed by atoms with Crippen LogP contribution in [0.3, 0.4) is 0 Å². The molecule has 128 valence electrons. The number of carbonyl (C=O) groups is 1. The van der Waals surface area contributed by atoms with E-state index in [0.29, 0.717) is 19.0 Å². The summed E-state index contributed by atoms with van der Waals surface area (Å²) in [7, 11) is 0. The Morgan fingerprint density at radius 2 is 2.08 bits per heavy atom. The number of hydrogen-bond donors (Lipinski definition) is 0. The van der Waals surface area contributed by atoms with E-state index < -0.39 is 0 Å². The Morgan fingerprint density at radius 3 is 2.88 bits per heavy atom. The van der Waals surface area contributed by atoms with E-state index in [1.807, 2.05) is 35.2 Å². The van der Waals surface area contributed by atoms with Crippen molar-refractivity contribution < 1.29 is 9.53 Å². The van der Waals surface area contributed by atoms with Crippen molar-refractivity contribution >= 4 is 43.4 Å². The lowest BCUT2D eigenvalue weighted by Gasteiger charge is -2.32. The molecule has 1 aliphatic heterocycles. The first kappa shape index (κ1) is 16.5. The fourth-order valence-electron chi connectivity index (χ4n) is 2.96. The molecule has 0 aliphatic carbocycles. The number of amides is 1. The molecule has 1 aromatic carbocycles. The summed E-state index contributed by atoms with van der Waals surface area (Å²) in [4.78, 5) is 23.1. The van der Waals surface area contributed by atoms with Crippen LogP contribution in [0.5, 0.6) is 5.88 Å². The van der Waals surface area contributed by atoms with Gasteiger partial charge in [-0.1, -0.05) is 0 Å². The highest BCUT2D eigenvalue weighted by Gasteiger charge is 2.25. The monoisotopic (exact) mass is 417 g/mol. The van der Waals surface area contributed by atoms with Crippen molar-refractivity contribution in [2.45, 2.75) is 18.9 Å².